The third-order valence-corrected chi connectivity index (χ3v) is 4.66. The lowest BCUT2D eigenvalue weighted by molar-refractivity contribution is -0.129. The fourth-order valence-electron chi connectivity index (χ4n) is 3.31. The molecule has 0 aliphatic carbocycles. The van der Waals surface area contributed by atoms with Crippen molar-refractivity contribution in [2.45, 2.75) is 52.6 Å². The predicted molar refractivity (Wildman–Crippen MR) is 93.6 cm³/mol. The zero-order valence-electron chi connectivity index (χ0n) is 15.1. The second-order valence-corrected chi connectivity index (χ2v) is 7.49. The number of carbonyl (C=O) groups is 1. The van der Waals surface area contributed by atoms with Crippen LogP contribution in [0.15, 0.2) is 24.3 Å². The SMILES string of the molecule is COc1ccccc1[C@H](NC1CCN(C(C)=O)CC1)C(C)(C)C. The smallest absolute Gasteiger partial charge is 0.219 e. The van der Waals surface area contributed by atoms with Crippen molar-refractivity contribution in [2.24, 2.45) is 5.41 Å². The van der Waals surface area contributed by atoms with E-state index in [4.69, 9.17) is 4.74 Å². The number of hydrogen-bond donors (Lipinski definition) is 1. The van der Waals surface area contributed by atoms with Crippen LogP contribution in [-0.4, -0.2) is 37.0 Å². The van der Waals surface area contributed by atoms with Crippen LogP contribution in [0, 0.1) is 5.41 Å². The number of benzene rings is 1. The van der Waals surface area contributed by atoms with Crippen LogP contribution in [0.5, 0.6) is 5.75 Å². The molecule has 1 aliphatic rings. The number of hydrogen-bond acceptors (Lipinski definition) is 3. The van der Waals surface area contributed by atoms with Crippen LogP contribution in [0.1, 0.15) is 52.1 Å². The second kappa shape index (κ2) is 7.35. The van der Waals surface area contributed by atoms with E-state index in [-0.39, 0.29) is 17.4 Å². The molecule has 1 N–H and O–H groups in total. The van der Waals surface area contributed by atoms with Crippen molar-refractivity contribution < 1.29 is 9.53 Å². The lowest BCUT2D eigenvalue weighted by Gasteiger charge is -2.39. The molecule has 0 radical (unpaired) electrons. The van der Waals surface area contributed by atoms with Gasteiger partial charge in [-0.2, -0.15) is 0 Å². The van der Waals surface area contributed by atoms with Gasteiger partial charge in [0.25, 0.3) is 0 Å². The summed E-state index contributed by atoms with van der Waals surface area (Å²) in [5.41, 5.74) is 1.28. The Morgan fingerprint density at radius 1 is 1.26 bits per heavy atom. The number of piperidine rings is 1. The van der Waals surface area contributed by atoms with E-state index in [1.807, 2.05) is 17.0 Å². The number of nitrogens with zero attached hydrogens (tertiary/aromatic N) is 1. The number of rotatable bonds is 4. The maximum atomic E-state index is 11.5. The molecule has 4 heteroatoms. The Labute approximate surface area is 140 Å². The molecule has 1 fully saturated rings. The van der Waals surface area contributed by atoms with Gasteiger partial charge >= 0.3 is 0 Å². The summed E-state index contributed by atoms with van der Waals surface area (Å²) < 4.78 is 5.57. The first-order valence-electron chi connectivity index (χ1n) is 8.47. The lowest BCUT2D eigenvalue weighted by atomic mass is 9.81. The monoisotopic (exact) mass is 318 g/mol. The number of carbonyl (C=O) groups excluding carboxylic acids is 1. The minimum Gasteiger partial charge on any atom is -0.496 e. The van der Waals surface area contributed by atoms with Crippen LogP contribution in [0.25, 0.3) is 0 Å². The van der Waals surface area contributed by atoms with Gasteiger partial charge in [-0.15, -0.1) is 0 Å². The first kappa shape index (κ1) is 17.8. The molecule has 1 atom stereocenters. The van der Waals surface area contributed by atoms with Gasteiger partial charge in [-0.1, -0.05) is 39.0 Å². The highest BCUT2D eigenvalue weighted by Gasteiger charge is 2.31. The summed E-state index contributed by atoms with van der Waals surface area (Å²) in [6.07, 6.45) is 2.00. The molecular weight excluding hydrogens is 288 g/mol. The van der Waals surface area contributed by atoms with Crippen LogP contribution in [-0.2, 0) is 4.79 Å². The van der Waals surface area contributed by atoms with Gasteiger partial charge < -0.3 is 15.0 Å². The predicted octanol–water partition coefficient (Wildman–Crippen LogP) is 3.38. The maximum absolute atomic E-state index is 11.5. The summed E-state index contributed by atoms with van der Waals surface area (Å²) in [6, 6.07) is 8.89. The van der Waals surface area contributed by atoms with E-state index in [2.05, 4.69) is 38.2 Å². The maximum Gasteiger partial charge on any atom is 0.219 e. The van der Waals surface area contributed by atoms with Gasteiger partial charge in [0, 0.05) is 37.7 Å². The Balaban J connectivity index is 2.13. The van der Waals surface area contributed by atoms with E-state index in [9.17, 15) is 4.79 Å². The molecule has 4 nitrogen and oxygen atoms in total. The van der Waals surface area contributed by atoms with Crippen molar-refractivity contribution >= 4 is 5.91 Å². The Hall–Kier alpha value is -1.55. The van der Waals surface area contributed by atoms with E-state index >= 15 is 0 Å². The molecule has 0 unspecified atom stereocenters. The van der Waals surface area contributed by atoms with Crippen molar-refractivity contribution in [2.75, 3.05) is 20.2 Å². The number of ether oxygens (including phenoxy) is 1. The molecule has 128 valence electrons. The number of para-hydroxylation sites is 1. The largest absolute Gasteiger partial charge is 0.496 e. The van der Waals surface area contributed by atoms with Gasteiger partial charge in [-0.3, -0.25) is 4.79 Å². The summed E-state index contributed by atoms with van der Waals surface area (Å²) >= 11 is 0. The van der Waals surface area contributed by atoms with E-state index in [1.165, 1.54) is 5.56 Å². The molecule has 23 heavy (non-hydrogen) atoms. The molecule has 0 saturated carbocycles. The van der Waals surface area contributed by atoms with E-state index in [0.717, 1.165) is 31.7 Å². The van der Waals surface area contributed by atoms with Crippen LogP contribution < -0.4 is 10.1 Å². The standard InChI is InChI=1S/C19H30N2O2/c1-14(22)21-12-10-15(11-13-21)20-18(19(2,3)4)16-8-6-7-9-17(16)23-5/h6-9,15,18,20H,10-13H2,1-5H3/t18-/m0/s1. The Morgan fingerprint density at radius 2 is 1.87 bits per heavy atom. The van der Waals surface area contributed by atoms with Gasteiger partial charge in [-0.25, -0.2) is 0 Å². The summed E-state index contributed by atoms with van der Waals surface area (Å²) in [5.74, 6) is 1.11. The highest BCUT2D eigenvalue weighted by Crippen LogP contribution is 2.38. The third kappa shape index (κ3) is 4.47. The number of likely N-dealkylation sites (tertiary alicyclic amines) is 1. The van der Waals surface area contributed by atoms with Crippen LogP contribution >= 0.6 is 0 Å². The molecule has 0 bridgehead atoms. The summed E-state index contributed by atoms with van der Waals surface area (Å²) in [5, 5.41) is 3.83. The number of amides is 1. The summed E-state index contributed by atoms with van der Waals surface area (Å²) in [7, 11) is 1.73. The minimum absolute atomic E-state index is 0.0757. The quantitative estimate of drug-likeness (QED) is 0.925. The van der Waals surface area contributed by atoms with Crippen molar-refractivity contribution in [3.05, 3.63) is 29.8 Å². The average molecular weight is 318 g/mol. The zero-order valence-corrected chi connectivity index (χ0v) is 15.1. The Bertz CT molecular complexity index is 528. The van der Waals surface area contributed by atoms with Crippen molar-refractivity contribution in [3.8, 4) is 5.75 Å². The zero-order chi connectivity index (χ0) is 17.0. The topological polar surface area (TPSA) is 41.6 Å². The van der Waals surface area contributed by atoms with Crippen molar-refractivity contribution in [3.63, 3.8) is 0 Å². The lowest BCUT2D eigenvalue weighted by Crippen LogP contribution is -2.47. The molecule has 2 rings (SSSR count). The summed E-state index contributed by atoms with van der Waals surface area (Å²) in [4.78, 5) is 13.4. The molecule has 1 amide bonds. The molecular formula is C19H30N2O2. The van der Waals surface area contributed by atoms with E-state index in [1.54, 1.807) is 14.0 Å². The molecule has 0 spiro atoms. The Morgan fingerprint density at radius 3 is 2.39 bits per heavy atom. The highest BCUT2D eigenvalue weighted by atomic mass is 16.5. The number of methoxy groups -OCH3 is 1. The average Bonchev–Trinajstić information content (AvgIpc) is 2.52. The fourth-order valence-corrected chi connectivity index (χ4v) is 3.31. The normalized spacial score (nSPS) is 17.9. The van der Waals surface area contributed by atoms with Crippen LogP contribution in [0.3, 0.4) is 0 Å². The minimum atomic E-state index is 0.0757. The van der Waals surface area contributed by atoms with Crippen molar-refractivity contribution in [1.82, 2.24) is 10.2 Å². The molecule has 1 aliphatic heterocycles. The first-order chi connectivity index (χ1) is 10.8. The Kier molecular flexibility index (Phi) is 5.69. The van der Waals surface area contributed by atoms with E-state index in [0.29, 0.717) is 6.04 Å². The third-order valence-electron chi connectivity index (χ3n) is 4.66. The molecule has 1 aromatic carbocycles. The molecule has 1 saturated heterocycles. The van der Waals surface area contributed by atoms with Crippen molar-refractivity contribution in [1.29, 1.82) is 0 Å². The van der Waals surface area contributed by atoms with E-state index < -0.39 is 0 Å². The van der Waals surface area contributed by atoms with Gasteiger partial charge in [0.1, 0.15) is 5.75 Å². The number of nitrogens with one attached hydrogen (secondary N) is 1. The highest BCUT2D eigenvalue weighted by molar-refractivity contribution is 5.73. The summed E-state index contributed by atoms with van der Waals surface area (Å²) in [6.45, 7) is 10.1. The first-order valence-corrected chi connectivity index (χ1v) is 8.47. The molecule has 1 heterocycles. The second-order valence-electron chi connectivity index (χ2n) is 7.49. The van der Waals surface area contributed by atoms with Gasteiger partial charge in [0.15, 0.2) is 0 Å². The van der Waals surface area contributed by atoms with Gasteiger partial charge in [0.05, 0.1) is 7.11 Å². The molecule has 1 aromatic rings. The fraction of sp³-hybridized carbons (Fsp3) is 0.632. The molecule has 0 aromatic heterocycles. The van der Waals surface area contributed by atoms with Gasteiger partial charge in [0.2, 0.25) is 5.91 Å². The van der Waals surface area contributed by atoms with Crippen LogP contribution in [0.2, 0.25) is 0 Å². The van der Waals surface area contributed by atoms with Crippen LogP contribution in [0.4, 0.5) is 0 Å². The van der Waals surface area contributed by atoms with Gasteiger partial charge in [-0.05, 0) is 24.3 Å².